The Hall–Kier alpha value is -2.94. The number of aliphatic imine (C=N–C) groups is 1. The van der Waals surface area contributed by atoms with Crippen LogP contribution in [0.15, 0.2) is 34.6 Å². The number of amides is 1. The van der Waals surface area contributed by atoms with Gasteiger partial charge >= 0.3 is 0 Å². The number of hydrogen-bond acceptors (Lipinski definition) is 7. The van der Waals surface area contributed by atoms with Gasteiger partial charge in [-0.25, -0.2) is 9.98 Å². The van der Waals surface area contributed by atoms with Crippen LogP contribution in [0, 0.1) is 11.3 Å². The first kappa shape index (κ1) is 19.4. The molecule has 0 saturated carbocycles. The maximum absolute atomic E-state index is 11.4. The molecule has 0 bridgehead atoms. The van der Waals surface area contributed by atoms with Gasteiger partial charge in [-0.05, 0) is 37.3 Å². The molecule has 0 radical (unpaired) electrons. The molecule has 1 aliphatic rings. The lowest BCUT2D eigenvalue weighted by atomic mass is 9.94. The Labute approximate surface area is 152 Å². The van der Waals surface area contributed by atoms with Crippen LogP contribution in [0.1, 0.15) is 19.3 Å². The highest BCUT2D eigenvalue weighted by molar-refractivity contribution is 6.22. The van der Waals surface area contributed by atoms with Gasteiger partial charge in [0, 0.05) is 25.9 Å². The second kappa shape index (κ2) is 8.95. The summed E-state index contributed by atoms with van der Waals surface area (Å²) >= 11 is 0. The third kappa shape index (κ3) is 4.79. The fraction of sp³-hybridized carbons (Fsp3) is 0.412. The number of carbonyl (C=O) groups excluding carboxylic acids is 1. The average molecular weight is 359 g/mol. The molecule has 0 aromatic carbocycles. The van der Waals surface area contributed by atoms with E-state index in [-0.39, 0.29) is 23.7 Å². The zero-order valence-electron chi connectivity index (χ0n) is 14.6. The summed E-state index contributed by atoms with van der Waals surface area (Å²) in [6.45, 7) is 2.03. The van der Waals surface area contributed by atoms with Crippen molar-refractivity contribution in [2.75, 3.05) is 24.6 Å². The average Bonchev–Trinajstić information content (AvgIpc) is 2.63. The molecule has 1 aromatic heterocycles. The van der Waals surface area contributed by atoms with Crippen molar-refractivity contribution in [2.45, 2.75) is 19.3 Å². The quantitative estimate of drug-likeness (QED) is 0.261. The van der Waals surface area contributed by atoms with Gasteiger partial charge in [-0.2, -0.15) is 0 Å². The largest absolute Gasteiger partial charge is 0.397 e. The molecule has 1 aromatic rings. The first-order valence-corrected chi connectivity index (χ1v) is 8.42. The standard InChI is InChI=1S/C17H25N7O2/c18-9-13(19)15(17(21)26)16(20)23-12-1-2-14(22-10-12)24-6-3-11(4-7-24)5-8-25/h1-2,9-11,18,25H,3-8,19H2,(H2,20,23)(H2,21,26)/b15-13+,18-9?. The van der Waals surface area contributed by atoms with Crippen LogP contribution in [0.4, 0.5) is 11.5 Å². The smallest absolute Gasteiger partial charge is 0.254 e. The first-order valence-electron chi connectivity index (χ1n) is 8.42. The molecule has 0 spiro atoms. The minimum absolute atomic E-state index is 0.144. The number of hydrogen-bond donors (Lipinski definition) is 5. The minimum atomic E-state index is -0.845. The van der Waals surface area contributed by atoms with Crippen LogP contribution in [0.2, 0.25) is 0 Å². The van der Waals surface area contributed by atoms with Crippen molar-refractivity contribution in [3.63, 3.8) is 0 Å². The number of nitrogens with two attached hydrogens (primary N) is 3. The Morgan fingerprint density at radius 1 is 1.35 bits per heavy atom. The molecular weight excluding hydrogens is 334 g/mol. The molecule has 0 aliphatic carbocycles. The number of rotatable bonds is 7. The molecule has 2 heterocycles. The van der Waals surface area contributed by atoms with Crippen LogP contribution in [0.5, 0.6) is 0 Å². The molecule has 26 heavy (non-hydrogen) atoms. The summed E-state index contributed by atoms with van der Waals surface area (Å²) in [6, 6.07) is 3.58. The van der Waals surface area contributed by atoms with E-state index in [0.29, 0.717) is 11.6 Å². The fourth-order valence-electron chi connectivity index (χ4n) is 2.95. The van der Waals surface area contributed by atoms with Crippen LogP contribution < -0.4 is 22.1 Å². The summed E-state index contributed by atoms with van der Waals surface area (Å²) in [7, 11) is 0. The minimum Gasteiger partial charge on any atom is -0.397 e. The molecule has 1 saturated heterocycles. The molecule has 2 rings (SSSR count). The van der Waals surface area contributed by atoms with Crippen molar-refractivity contribution in [3.8, 4) is 0 Å². The van der Waals surface area contributed by atoms with E-state index in [0.717, 1.165) is 44.4 Å². The van der Waals surface area contributed by atoms with Gasteiger partial charge in [0.1, 0.15) is 17.2 Å². The van der Waals surface area contributed by atoms with Crippen molar-refractivity contribution in [3.05, 3.63) is 29.6 Å². The van der Waals surface area contributed by atoms with Crippen molar-refractivity contribution in [2.24, 2.45) is 28.1 Å². The van der Waals surface area contributed by atoms with E-state index in [1.165, 1.54) is 0 Å². The van der Waals surface area contributed by atoms with Gasteiger partial charge < -0.3 is 32.6 Å². The molecule has 9 nitrogen and oxygen atoms in total. The SMILES string of the molecule is N=C/C(N)=C(\C(N)=O)C(N)=Nc1ccc(N2CCC(CCO)CC2)nc1. The van der Waals surface area contributed by atoms with Gasteiger partial charge in [0.25, 0.3) is 5.91 Å². The first-order chi connectivity index (χ1) is 12.5. The van der Waals surface area contributed by atoms with Crippen molar-refractivity contribution in [1.29, 1.82) is 5.41 Å². The van der Waals surface area contributed by atoms with Gasteiger partial charge in [-0.1, -0.05) is 0 Å². The Balaban J connectivity index is 2.10. The number of piperidine rings is 1. The van der Waals surface area contributed by atoms with E-state index in [4.69, 9.17) is 27.7 Å². The topological polar surface area (TPSA) is 168 Å². The van der Waals surface area contributed by atoms with Crippen molar-refractivity contribution in [1.82, 2.24) is 4.98 Å². The Bertz CT molecular complexity index is 704. The number of aromatic nitrogens is 1. The van der Waals surface area contributed by atoms with E-state index in [1.807, 2.05) is 6.07 Å². The monoisotopic (exact) mass is 359 g/mol. The third-order valence-corrected chi connectivity index (χ3v) is 4.40. The predicted molar refractivity (Wildman–Crippen MR) is 101 cm³/mol. The van der Waals surface area contributed by atoms with Crippen LogP contribution in [0.25, 0.3) is 0 Å². The van der Waals surface area contributed by atoms with Gasteiger partial charge in [0.2, 0.25) is 0 Å². The molecule has 8 N–H and O–H groups in total. The Morgan fingerprint density at radius 3 is 2.54 bits per heavy atom. The highest BCUT2D eigenvalue weighted by atomic mass is 16.3. The molecule has 1 amide bonds. The molecule has 0 atom stereocenters. The number of nitrogens with one attached hydrogen (secondary N) is 1. The fourth-order valence-corrected chi connectivity index (χ4v) is 2.95. The number of pyridine rings is 1. The number of amidine groups is 1. The summed E-state index contributed by atoms with van der Waals surface area (Å²) in [4.78, 5) is 22.2. The molecule has 140 valence electrons. The van der Waals surface area contributed by atoms with Crippen molar-refractivity contribution >= 4 is 29.5 Å². The summed E-state index contributed by atoms with van der Waals surface area (Å²) in [5.41, 5.74) is 16.7. The lowest BCUT2D eigenvalue weighted by Gasteiger charge is -2.32. The summed E-state index contributed by atoms with van der Waals surface area (Å²) in [6.07, 6.45) is 5.27. The van der Waals surface area contributed by atoms with Crippen LogP contribution in [-0.4, -0.2) is 47.7 Å². The molecule has 1 fully saturated rings. The maximum atomic E-state index is 11.4. The van der Waals surface area contributed by atoms with E-state index in [2.05, 4.69) is 14.9 Å². The van der Waals surface area contributed by atoms with Gasteiger partial charge in [0.15, 0.2) is 0 Å². The molecule has 9 heteroatoms. The van der Waals surface area contributed by atoms with Crippen LogP contribution in [-0.2, 0) is 4.79 Å². The molecular formula is C17H25N7O2. The number of primary amides is 1. The number of nitrogens with zero attached hydrogens (tertiary/aromatic N) is 3. The second-order valence-electron chi connectivity index (χ2n) is 6.15. The third-order valence-electron chi connectivity index (χ3n) is 4.40. The van der Waals surface area contributed by atoms with Gasteiger partial charge in [-0.3, -0.25) is 4.79 Å². The highest BCUT2D eigenvalue weighted by Gasteiger charge is 2.19. The van der Waals surface area contributed by atoms with Crippen LogP contribution >= 0.6 is 0 Å². The predicted octanol–water partition coefficient (Wildman–Crippen LogP) is 0.0168. The van der Waals surface area contributed by atoms with E-state index >= 15 is 0 Å². The zero-order chi connectivity index (χ0) is 19.1. The number of aliphatic hydroxyl groups is 1. The normalized spacial score (nSPS) is 17.0. The number of allylic oxidation sites excluding steroid dienone is 1. The van der Waals surface area contributed by atoms with E-state index in [9.17, 15) is 4.79 Å². The van der Waals surface area contributed by atoms with E-state index < -0.39 is 5.91 Å². The van der Waals surface area contributed by atoms with Gasteiger partial charge in [-0.15, -0.1) is 0 Å². The summed E-state index contributed by atoms with van der Waals surface area (Å²) in [5, 5.41) is 16.2. The zero-order valence-corrected chi connectivity index (χ0v) is 14.6. The second-order valence-corrected chi connectivity index (χ2v) is 6.15. The molecule has 0 unspecified atom stereocenters. The number of aliphatic hydroxyl groups excluding tert-OH is 1. The number of carbonyl (C=O) groups is 1. The van der Waals surface area contributed by atoms with E-state index in [1.54, 1.807) is 12.3 Å². The lowest BCUT2D eigenvalue weighted by molar-refractivity contribution is -0.114. The van der Waals surface area contributed by atoms with Gasteiger partial charge in [0.05, 0.1) is 17.6 Å². The Morgan fingerprint density at radius 2 is 2.04 bits per heavy atom. The maximum Gasteiger partial charge on any atom is 0.254 e. The Kier molecular flexibility index (Phi) is 6.67. The lowest BCUT2D eigenvalue weighted by Crippen LogP contribution is -2.34. The molecule has 1 aliphatic heterocycles. The number of anilines is 1. The summed E-state index contributed by atoms with van der Waals surface area (Å²) in [5.74, 6) is 0.410. The highest BCUT2D eigenvalue weighted by Crippen LogP contribution is 2.25. The summed E-state index contributed by atoms with van der Waals surface area (Å²) < 4.78 is 0. The van der Waals surface area contributed by atoms with Crippen LogP contribution in [0.3, 0.4) is 0 Å². The van der Waals surface area contributed by atoms with Crippen molar-refractivity contribution < 1.29 is 9.90 Å².